The number of amides is 3. The summed E-state index contributed by atoms with van der Waals surface area (Å²) in [4.78, 5) is 61.8. The van der Waals surface area contributed by atoms with Crippen LogP contribution in [0, 0.1) is 17.8 Å². The van der Waals surface area contributed by atoms with Crippen molar-refractivity contribution in [1.82, 2.24) is 48.6 Å². The fourth-order valence-electron chi connectivity index (χ4n) is 8.40. The molecule has 8 rings (SSSR count). The van der Waals surface area contributed by atoms with Crippen LogP contribution in [-0.4, -0.2) is 114 Å². The molecule has 1 aliphatic carbocycles. The van der Waals surface area contributed by atoms with Crippen LogP contribution in [0.1, 0.15) is 78.6 Å². The number of piperazine rings is 1. The lowest BCUT2D eigenvalue weighted by atomic mass is 9.85. The highest BCUT2D eigenvalue weighted by molar-refractivity contribution is 6.08. The number of alkyl halides is 2. The van der Waals surface area contributed by atoms with Crippen molar-refractivity contribution in [2.24, 2.45) is 13.0 Å². The number of anilines is 2. The summed E-state index contributed by atoms with van der Waals surface area (Å²) in [5.41, 5.74) is 2.49. The second-order valence-electron chi connectivity index (χ2n) is 15.6. The van der Waals surface area contributed by atoms with Crippen LogP contribution in [0.15, 0.2) is 47.8 Å². The van der Waals surface area contributed by atoms with Gasteiger partial charge < -0.3 is 15.1 Å². The van der Waals surface area contributed by atoms with E-state index in [0.29, 0.717) is 34.7 Å². The zero-order valence-electron chi connectivity index (χ0n) is 32.7. The Hall–Kier alpha value is -5.93. The lowest BCUT2D eigenvalue weighted by Crippen LogP contribution is -2.48. The number of carbonyl (C=O) groups is 3. The Morgan fingerprint density at radius 1 is 1.02 bits per heavy atom. The molecular formula is C40H46F2N12O4. The van der Waals surface area contributed by atoms with Gasteiger partial charge in [-0.2, -0.15) is 10.2 Å². The second-order valence-corrected chi connectivity index (χ2v) is 15.6. The second kappa shape index (κ2) is 16.1. The molecule has 3 aliphatic rings. The number of imide groups is 1. The van der Waals surface area contributed by atoms with Crippen molar-refractivity contribution >= 4 is 45.8 Å². The number of halogens is 2. The molecule has 6 heterocycles. The van der Waals surface area contributed by atoms with Gasteiger partial charge in [-0.1, -0.05) is 17.9 Å². The van der Waals surface area contributed by atoms with Crippen molar-refractivity contribution in [2.75, 3.05) is 63.6 Å². The molecule has 0 radical (unpaired) electrons. The third-order valence-electron chi connectivity index (χ3n) is 11.6. The maximum atomic E-state index is 14.1. The van der Waals surface area contributed by atoms with Gasteiger partial charge in [-0.05, 0) is 50.2 Å². The molecule has 2 N–H and O–H groups in total. The Balaban J connectivity index is 0.828. The van der Waals surface area contributed by atoms with Gasteiger partial charge in [0.15, 0.2) is 11.3 Å². The van der Waals surface area contributed by atoms with Crippen LogP contribution in [0.25, 0.3) is 16.7 Å². The number of hydrogen-bond acceptors (Lipinski definition) is 10. The van der Waals surface area contributed by atoms with E-state index in [0.717, 1.165) is 64.1 Å². The summed E-state index contributed by atoms with van der Waals surface area (Å²) in [5, 5.41) is 13.5. The molecule has 2 saturated heterocycles. The van der Waals surface area contributed by atoms with Crippen molar-refractivity contribution in [3.63, 3.8) is 0 Å². The number of nitrogens with zero attached hydrogens (tertiary/aromatic N) is 10. The number of carbonyl (C=O) groups excluding carboxylic acids is 3. The number of hydrogen-bond donors (Lipinski definition) is 2. The quantitative estimate of drug-likeness (QED) is 0.168. The molecular weight excluding hydrogens is 751 g/mol. The van der Waals surface area contributed by atoms with Crippen LogP contribution in [0.2, 0.25) is 0 Å². The molecule has 2 aliphatic heterocycles. The number of imidazole rings is 1. The molecule has 4 aromatic heterocycles. The Morgan fingerprint density at radius 2 is 1.78 bits per heavy atom. The van der Waals surface area contributed by atoms with Gasteiger partial charge in [-0.25, -0.2) is 23.1 Å². The summed E-state index contributed by atoms with van der Waals surface area (Å²) in [5.74, 6) is 5.67. The molecule has 1 aromatic carbocycles. The number of piperidine rings is 1. The fraction of sp³-hybridized carbons (Fsp3) is 0.475. The third-order valence-corrected chi connectivity index (χ3v) is 11.6. The van der Waals surface area contributed by atoms with Crippen LogP contribution in [-0.2, 0) is 16.6 Å². The first-order chi connectivity index (χ1) is 27.9. The van der Waals surface area contributed by atoms with E-state index in [1.54, 1.807) is 30.2 Å². The topological polar surface area (TPSA) is 160 Å². The molecule has 0 bridgehead atoms. The Morgan fingerprint density at radius 3 is 2.50 bits per heavy atom. The lowest BCUT2D eigenvalue weighted by Gasteiger charge is -2.37. The number of para-hydroxylation sites is 1. The number of fused-ring (bicyclic) bond motifs is 2. The summed E-state index contributed by atoms with van der Waals surface area (Å²) >= 11 is 0. The van der Waals surface area contributed by atoms with Gasteiger partial charge in [0.2, 0.25) is 11.8 Å². The summed E-state index contributed by atoms with van der Waals surface area (Å²) in [7, 11) is 5.41. The molecule has 1 saturated carbocycles. The van der Waals surface area contributed by atoms with E-state index in [1.807, 2.05) is 31.1 Å². The molecule has 3 fully saturated rings. The van der Waals surface area contributed by atoms with Crippen LogP contribution in [0.5, 0.6) is 0 Å². The largest absolute Gasteiger partial charge is 0.375 e. The molecule has 58 heavy (non-hydrogen) atoms. The van der Waals surface area contributed by atoms with Gasteiger partial charge in [-0.3, -0.25) is 38.4 Å². The maximum Gasteiger partial charge on any atom is 0.329 e. The Bertz CT molecular complexity index is 2490. The van der Waals surface area contributed by atoms with Gasteiger partial charge >= 0.3 is 5.69 Å². The molecule has 0 spiro atoms. The zero-order valence-corrected chi connectivity index (χ0v) is 32.7. The molecule has 304 valence electrons. The molecule has 16 nitrogen and oxygen atoms in total. The van der Waals surface area contributed by atoms with Crippen LogP contribution in [0.3, 0.4) is 0 Å². The van der Waals surface area contributed by atoms with E-state index in [9.17, 15) is 28.0 Å². The van der Waals surface area contributed by atoms with Gasteiger partial charge in [0, 0.05) is 66.5 Å². The summed E-state index contributed by atoms with van der Waals surface area (Å²) < 4.78 is 34.3. The van der Waals surface area contributed by atoms with Crippen molar-refractivity contribution in [3.8, 4) is 11.8 Å². The predicted octanol–water partition coefficient (Wildman–Crippen LogP) is 3.21. The SMILES string of the molecule is CN(C)c1cnc2c(C(=O)Nc3cn([C@H]4CC[C@H](CN5CCN(CC#Cc6cccc7c6n(C)c(=O)n7C6CCC(=O)NC6=O)CC5)CC4)nc3C(F)F)cnn2c1. The molecule has 1 atom stereocenters. The number of aromatic nitrogens is 7. The van der Waals surface area contributed by atoms with E-state index in [4.69, 9.17) is 0 Å². The van der Waals surface area contributed by atoms with Crippen molar-refractivity contribution in [2.45, 2.75) is 57.0 Å². The first-order valence-corrected chi connectivity index (χ1v) is 19.6. The minimum Gasteiger partial charge on any atom is -0.375 e. The average Bonchev–Trinajstić information content (AvgIpc) is 3.90. The highest BCUT2D eigenvalue weighted by Crippen LogP contribution is 2.35. The standard InChI is InChI=1S/C40H46F2N12O4/c1-48(2)28-20-43-37-29(21-44-53(37)23-28)38(56)45-30-24-52(47-34(30)36(41)42)27-11-9-25(10-12-27)22-51-18-16-50(17-19-51)15-5-7-26-6-4-8-31-35(26)49(3)40(58)54(31)32-13-14-33(55)46-39(32)57/h4,6,8,20-21,23-25,27,32,36H,9-19,22H2,1-3H3,(H,45,56)(H,46,55,57)/t25-,27-,32?. The van der Waals surface area contributed by atoms with Gasteiger partial charge in [0.25, 0.3) is 12.3 Å². The predicted molar refractivity (Wildman–Crippen MR) is 212 cm³/mol. The Kier molecular flexibility index (Phi) is 10.8. The molecule has 1 unspecified atom stereocenters. The number of rotatable bonds is 9. The van der Waals surface area contributed by atoms with E-state index >= 15 is 0 Å². The van der Waals surface area contributed by atoms with Crippen LogP contribution in [0.4, 0.5) is 20.2 Å². The molecule has 5 aromatic rings. The first kappa shape index (κ1) is 38.9. The zero-order chi connectivity index (χ0) is 40.7. The lowest BCUT2D eigenvalue weighted by molar-refractivity contribution is -0.135. The highest BCUT2D eigenvalue weighted by Gasteiger charge is 2.32. The van der Waals surface area contributed by atoms with Crippen LogP contribution < -0.4 is 21.2 Å². The smallest absolute Gasteiger partial charge is 0.329 e. The number of nitrogens with one attached hydrogen (secondary N) is 2. The summed E-state index contributed by atoms with van der Waals surface area (Å²) in [6.07, 6.45) is 7.36. The highest BCUT2D eigenvalue weighted by atomic mass is 19.3. The van der Waals surface area contributed by atoms with Crippen molar-refractivity contribution < 1.29 is 23.2 Å². The van der Waals surface area contributed by atoms with E-state index in [-0.39, 0.29) is 41.7 Å². The van der Waals surface area contributed by atoms with Crippen molar-refractivity contribution in [1.29, 1.82) is 0 Å². The normalized spacial score (nSPS) is 20.7. The van der Waals surface area contributed by atoms with Crippen molar-refractivity contribution in [3.05, 3.63) is 70.3 Å². The summed E-state index contributed by atoms with van der Waals surface area (Å²) in [6.45, 7) is 5.13. The molecule has 18 heteroatoms. The minimum atomic E-state index is -2.86. The monoisotopic (exact) mass is 796 g/mol. The number of benzene rings is 1. The van der Waals surface area contributed by atoms with Gasteiger partial charge in [-0.15, -0.1) is 0 Å². The first-order valence-electron chi connectivity index (χ1n) is 19.6. The summed E-state index contributed by atoms with van der Waals surface area (Å²) in [6, 6.07) is 4.72. The Labute approximate surface area is 332 Å². The van der Waals surface area contributed by atoms with E-state index in [2.05, 4.69) is 47.5 Å². The van der Waals surface area contributed by atoms with E-state index in [1.165, 1.54) is 26.0 Å². The minimum absolute atomic E-state index is 0.0134. The maximum absolute atomic E-state index is 14.1. The third kappa shape index (κ3) is 7.71. The molecule has 3 amide bonds. The number of aryl methyl sites for hydroxylation is 1. The average molecular weight is 797 g/mol. The van der Waals surface area contributed by atoms with E-state index < -0.39 is 30.0 Å². The van der Waals surface area contributed by atoms with Gasteiger partial charge in [0.05, 0.1) is 59.1 Å². The van der Waals surface area contributed by atoms with Gasteiger partial charge in [0.1, 0.15) is 11.6 Å². The fourth-order valence-corrected chi connectivity index (χ4v) is 8.40. The van der Waals surface area contributed by atoms with Crippen LogP contribution >= 0.6 is 0 Å².